The van der Waals surface area contributed by atoms with Crippen molar-refractivity contribution >= 4 is 37.9 Å². The first-order valence-corrected chi connectivity index (χ1v) is 17.1. The minimum atomic E-state index is 0.176. The van der Waals surface area contributed by atoms with Crippen molar-refractivity contribution < 1.29 is 0 Å². The van der Waals surface area contributed by atoms with Gasteiger partial charge in [-0.3, -0.25) is 0 Å². The first-order valence-electron chi connectivity index (χ1n) is 17.1. The Morgan fingerprint density at radius 1 is 0.429 bits per heavy atom. The van der Waals surface area contributed by atoms with E-state index >= 15 is 0 Å². The summed E-state index contributed by atoms with van der Waals surface area (Å²) in [4.78, 5) is 0. The van der Waals surface area contributed by atoms with Gasteiger partial charge in [-0.1, -0.05) is 175 Å². The quantitative estimate of drug-likeness (QED) is 0.188. The molecule has 0 amide bonds. The summed E-state index contributed by atoms with van der Waals surface area (Å²) in [5.41, 5.74) is 12.4. The average molecular weight is 626 g/mol. The van der Waals surface area contributed by atoms with E-state index in [2.05, 4.69) is 194 Å². The molecule has 0 fully saturated rings. The first kappa shape index (κ1) is 29.0. The second-order valence-corrected chi connectivity index (χ2v) is 13.0. The molecule has 232 valence electrons. The summed E-state index contributed by atoms with van der Waals surface area (Å²) in [5.74, 6) is 0. The number of hydrogen-bond donors (Lipinski definition) is 1. The Balaban J connectivity index is 1.21. The van der Waals surface area contributed by atoms with Crippen molar-refractivity contribution in [2.75, 3.05) is 0 Å². The normalized spacial score (nSPS) is 14.2. The fraction of sp³-hybridized carbons (Fsp3) is 0.0417. The molecule has 0 spiro atoms. The highest BCUT2D eigenvalue weighted by molar-refractivity contribution is 6.24. The lowest BCUT2D eigenvalue weighted by molar-refractivity contribution is 0.749. The van der Waals surface area contributed by atoms with E-state index in [0.29, 0.717) is 0 Å². The van der Waals surface area contributed by atoms with E-state index in [1.54, 1.807) is 0 Å². The third kappa shape index (κ3) is 5.12. The van der Waals surface area contributed by atoms with Crippen molar-refractivity contribution in [3.63, 3.8) is 0 Å². The molecule has 0 saturated heterocycles. The molecule has 1 unspecified atom stereocenters. The Morgan fingerprint density at radius 2 is 0.980 bits per heavy atom. The van der Waals surface area contributed by atoms with Crippen molar-refractivity contribution in [1.29, 1.82) is 0 Å². The number of aryl methyl sites for hydroxylation is 1. The third-order valence-electron chi connectivity index (χ3n) is 10.0. The molecule has 8 aromatic rings. The highest BCUT2D eigenvalue weighted by Crippen LogP contribution is 2.46. The number of allylic oxidation sites excluding steroid dienone is 2. The van der Waals surface area contributed by atoms with Gasteiger partial charge in [0.1, 0.15) is 0 Å². The van der Waals surface area contributed by atoms with Crippen LogP contribution >= 0.6 is 0 Å². The molecule has 0 aromatic heterocycles. The number of nitrogens with one attached hydrogen (secondary N) is 1. The predicted octanol–water partition coefficient (Wildman–Crippen LogP) is 12.7. The third-order valence-corrected chi connectivity index (χ3v) is 10.0. The molecule has 0 saturated carbocycles. The lowest BCUT2D eigenvalue weighted by Gasteiger charge is -2.21. The Kier molecular flexibility index (Phi) is 7.17. The highest BCUT2D eigenvalue weighted by Gasteiger charge is 2.19. The fourth-order valence-electron chi connectivity index (χ4n) is 7.63. The van der Waals surface area contributed by atoms with E-state index in [1.165, 1.54) is 88.0 Å². The number of hydrogen-bond acceptors (Lipinski definition) is 1. The molecule has 1 heterocycles. The molecule has 49 heavy (non-hydrogen) atoms. The van der Waals surface area contributed by atoms with Gasteiger partial charge in [-0.25, -0.2) is 0 Å². The maximum absolute atomic E-state index is 3.61. The van der Waals surface area contributed by atoms with E-state index in [1.807, 2.05) is 0 Å². The molecule has 1 heteroatoms. The molecule has 1 aliphatic heterocycles. The van der Waals surface area contributed by atoms with Crippen LogP contribution in [0.3, 0.4) is 0 Å². The Morgan fingerprint density at radius 3 is 1.63 bits per heavy atom. The summed E-state index contributed by atoms with van der Waals surface area (Å²) in [6.07, 6.45) is 6.66. The van der Waals surface area contributed by atoms with Gasteiger partial charge < -0.3 is 5.32 Å². The van der Waals surface area contributed by atoms with Gasteiger partial charge in [0.2, 0.25) is 0 Å². The topological polar surface area (TPSA) is 12.0 Å². The average Bonchev–Trinajstić information content (AvgIpc) is 3.17. The van der Waals surface area contributed by atoms with Gasteiger partial charge >= 0.3 is 0 Å². The first-order chi connectivity index (χ1) is 24.2. The maximum Gasteiger partial charge on any atom is 0.0696 e. The Labute approximate surface area is 287 Å². The molecule has 0 bridgehead atoms. The van der Waals surface area contributed by atoms with Crippen LogP contribution in [0, 0.1) is 6.92 Å². The molecule has 1 nitrogen and oxygen atoms in total. The lowest BCUT2D eigenvalue weighted by Crippen LogP contribution is -2.16. The molecular weight excluding hydrogens is 591 g/mol. The van der Waals surface area contributed by atoms with Crippen molar-refractivity contribution in [3.8, 4) is 33.4 Å². The van der Waals surface area contributed by atoms with Gasteiger partial charge in [-0.05, 0) is 95.4 Å². The van der Waals surface area contributed by atoms with E-state index in [0.717, 1.165) is 0 Å². The SMILES string of the molecule is Cc1ccc(-c2cccc3c(-c4c5ccccc5c(-c5cccc(C6=CNC(c7ccccc7)C=C6)c5)c5ccccc45)cccc23)cc1. The van der Waals surface area contributed by atoms with Crippen LogP contribution in [0.25, 0.3) is 71.3 Å². The zero-order chi connectivity index (χ0) is 32.7. The van der Waals surface area contributed by atoms with E-state index < -0.39 is 0 Å². The second-order valence-electron chi connectivity index (χ2n) is 13.0. The molecule has 1 atom stereocenters. The predicted molar refractivity (Wildman–Crippen MR) is 209 cm³/mol. The molecule has 8 aromatic carbocycles. The van der Waals surface area contributed by atoms with Gasteiger partial charge in [-0.15, -0.1) is 0 Å². The molecule has 1 aliphatic rings. The largest absolute Gasteiger partial charge is 0.380 e. The van der Waals surface area contributed by atoms with Gasteiger partial charge in [0, 0.05) is 6.20 Å². The summed E-state index contributed by atoms with van der Waals surface area (Å²) in [5, 5.41) is 11.2. The van der Waals surface area contributed by atoms with Gasteiger partial charge in [0.15, 0.2) is 0 Å². The minimum absolute atomic E-state index is 0.176. The van der Waals surface area contributed by atoms with Crippen LogP contribution in [0.5, 0.6) is 0 Å². The van der Waals surface area contributed by atoms with Crippen LogP contribution in [-0.2, 0) is 0 Å². The van der Waals surface area contributed by atoms with Crippen molar-refractivity contribution in [1.82, 2.24) is 5.32 Å². The summed E-state index contributed by atoms with van der Waals surface area (Å²) >= 11 is 0. The number of dihydropyridines is 1. The zero-order valence-electron chi connectivity index (χ0n) is 27.4. The van der Waals surface area contributed by atoms with Crippen LogP contribution in [0.15, 0.2) is 182 Å². The van der Waals surface area contributed by atoms with Crippen molar-refractivity contribution in [2.24, 2.45) is 0 Å². The van der Waals surface area contributed by atoms with E-state index in [9.17, 15) is 0 Å². The zero-order valence-corrected chi connectivity index (χ0v) is 27.4. The van der Waals surface area contributed by atoms with E-state index in [4.69, 9.17) is 0 Å². The number of fused-ring (bicyclic) bond motifs is 3. The second kappa shape index (κ2) is 12.1. The van der Waals surface area contributed by atoms with E-state index in [-0.39, 0.29) is 6.04 Å². The summed E-state index contributed by atoms with van der Waals surface area (Å²) in [6, 6.07) is 60.1. The minimum Gasteiger partial charge on any atom is -0.380 e. The van der Waals surface area contributed by atoms with Gasteiger partial charge in [0.25, 0.3) is 0 Å². The molecule has 0 aliphatic carbocycles. The lowest BCUT2D eigenvalue weighted by atomic mass is 9.83. The van der Waals surface area contributed by atoms with Crippen LogP contribution < -0.4 is 5.32 Å². The maximum atomic E-state index is 3.61. The molecule has 9 rings (SSSR count). The number of benzene rings is 8. The van der Waals surface area contributed by atoms with Gasteiger partial charge in [-0.2, -0.15) is 0 Å². The molecule has 1 N–H and O–H groups in total. The van der Waals surface area contributed by atoms with Crippen LogP contribution in [-0.4, -0.2) is 0 Å². The Bertz CT molecular complexity index is 2510. The summed E-state index contributed by atoms with van der Waals surface area (Å²) in [7, 11) is 0. The van der Waals surface area contributed by atoms with Gasteiger partial charge in [0.05, 0.1) is 6.04 Å². The molecule has 0 radical (unpaired) electrons. The number of rotatable bonds is 5. The van der Waals surface area contributed by atoms with Crippen LogP contribution in [0.1, 0.15) is 22.7 Å². The standard InChI is InChI=1S/C48H35N/c1-32-24-26-33(27-25-32)38-20-10-22-40-39(38)21-11-23-41(40)48-44-18-7-5-16-42(44)47(43-17-6-8-19-45(43)48)36-15-9-14-35(30-36)37-28-29-46(49-31-37)34-12-3-2-4-13-34/h2-31,46,49H,1H3. The fourth-order valence-corrected chi connectivity index (χ4v) is 7.63. The van der Waals surface area contributed by atoms with Crippen molar-refractivity contribution in [3.05, 3.63) is 199 Å². The smallest absolute Gasteiger partial charge is 0.0696 e. The van der Waals surface area contributed by atoms with Crippen LogP contribution in [0.4, 0.5) is 0 Å². The monoisotopic (exact) mass is 625 g/mol. The van der Waals surface area contributed by atoms with Crippen LogP contribution in [0.2, 0.25) is 0 Å². The summed E-state index contributed by atoms with van der Waals surface area (Å²) < 4.78 is 0. The highest BCUT2D eigenvalue weighted by atomic mass is 14.9. The van der Waals surface area contributed by atoms with Crippen molar-refractivity contribution in [2.45, 2.75) is 13.0 Å². The summed E-state index contributed by atoms with van der Waals surface area (Å²) in [6.45, 7) is 2.14. The molecular formula is C48H35N. The Hall–Kier alpha value is -6.18.